The summed E-state index contributed by atoms with van der Waals surface area (Å²) >= 11 is 0. The van der Waals surface area contributed by atoms with Crippen molar-refractivity contribution in [3.8, 4) is 5.75 Å². The van der Waals surface area contributed by atoms with Crippen LogP contribution in [0.25, 0.3) is 11.0 Å². The minimum Gasteiger partial charge on any atom is -0.508 e. The lowest BCUT2D eigenvalue weighted by atomic mass is 10.1. The summed E-state index contributed by atoms with van der Waals surface area (Å²) in [5.41, 5.74) is 3.14. The highest BCUT2D eigenvalue weighted by atomic mass is 16.3. The molecule has 96 valence electrons. The number of rotatable bonds is 3. The summed E-state index contributed by atoms with van der Waals surface area (Å²) in [6.07, 6.45) is 5.27. The smallest absolute Gasteiger partial charge is 0.115 e. The van der Waals surface area contributed by atoms with Crippen LogP contribution in [0.1, 0.15) is 11.4 Å². The van der Waals surface area contributed by atoms with Gasteiger partial charge in [-0.1, -0.05) is 12.1 Å². The van der Waals surface area contributed by atoms with Crippen molar-refractivity contribution in [2.45, 2.75) is 12.8 Å². The Balaban J connectivity index is 1.84. The molecule has 0 saturated carbocycles. The molecule has 4 heteroatoms. The predicted molar refractivity (Wildman–Crippen MR) is 74.0 cm³/mol. The summed E-state index contributed by atoms with van der Waals surface area (Å²) in [6, 6.07) is 9.34. The second-order valence-electron chi connectivity index (χ2n) is 4.62. The van der Waals surface area contributed by atoms with Gasteiger partial charge in [-0.3, -0.25) is 4.98 Å². The molecular weight excluding hydrogens is 238 g/mol. The highest BCUT2D eigenvalue weighted by molar-refractivity contribution is 5.74. The van der Waals surface area contributed by atoms with Crippen LogP contribution in [0.4, 0.5) is 0 Å². The number of fused-ring (bicyclic) bond motifs is 1. The second kappa shape index (κ2) is 4.72. The van der Waals surface area contributed by atoms with Crippen molar-refractivity contribution < 1.29 is 5.11 Å². The van der Waals surface area contributed by atoms with Crippen molar-refractivity contribution >= 4 is 11.0 Å². The van der Waals surface area contributed by atoms with Crippen molar-refractivity contribution in [3.63, 3.8) is 0 Å². The van der Waals surface area contributed by atoms with Gasteiger partial charge in [-0.05, 0) is 30.2 Å². The third-order valence-electron chi connectivity index (χ3n) is 3.32. The van der Waals surface area contributed by atoms with E-state index in [0.717, 1.165) is 35.3 Å². The van der Waals surface area contributed by atoms with Gasteiger partial charge in [0.05, 0.1) is 11.7 Å². The number of pyridine rings is 1. The standard InChI is InChI=1S/C15H15N3O/c1-18-14-7-8-16-10-13(14)17-15(18)6-5-11-3-2-4-12(19)9-11/h2-4,7-10,19H,5-6H2,1H3. The van der Waals surface area contributed by atoms with Gasteiger partial charge in [0.2, 0.25) is 0 Å². The number of phenols is 1. The van der Waals surface area contributed by atoms with Crippen LogP contribution in [0.2, 0.25) is 0 Å². The zero-order valence-corrected chi connectivity index (χ0v) is 10.7. The van der Waals surface area contributed by atoms with Gasteiger partial charge >= 0.3 is 0 Å². The Morgan fingerprint density at radius 2 is 2.11 bits per heavy atom. The number of nitrogens with zero attached hydrogens (tertiary/aromatic N) is 3. The SMILES string of the molecule is Cn1c(CCc2cccc(O)c2)nc2cnccc21. The summed E-state index contributed by atoms with van der Waals surface area (Å²) in [7, 11) is 2.02. The van der Waals surface area contributed by atoms with E-state index >= 15 is 0 Å². The second-order valence-corrected chi connectivity index (χ2v) is 4.62. The average Bonchev–Trinajstić information content (AvgIpc) is 2.74. The fraction of sp³-hybridized carbons (Fsp3) is 0.200. The zero-order valence-electron chi connectivity index (χ0n) is 10.7. The molecule has 0 aliphatic rings. The zero-order chi connectivity index (χ0) is 13.2. The Morgan fingerprint density at radius 3 is 2.89 bits per heavy atom. The van der Waals surface area contributed by atoms with Crippen LogP contribution >= 0.6 is 0 Å². The molecule has 0 saturated heterocycles. The van der Waals surface area contributed by atoms with Crippen LogP contribution in [-0.2, 0) is 19.9 Å². The molecule has 0 amide bonds. The van der Waals surface area contributed by atoms with E-state index in [9.17, 15) is 5.11 Å². The summed E-state index contributed by atoms with van der Waals surface area (Å²) in [4.78, 5) is 8.68. The van der Waals surface area contributed by atoms with Crippen molar-refractivity contribution in [1.82, 2.24) is 14.5 Å². The molecule has 1 N–H and O–H groups in total. The molecule has 0 atom stereocenters. The maximum absolute atomic E-state index is 9.45. The number of aromatic nitrogens is 3. The minimum atomic E-state index is 0.312. The third kappa shape index (κ3) is 2.29. The van der Waals surface area contributed by atoms with Gasteiger partial charge in [0.25, 0.3) is 0 Å². The Morgan fingerprint density at radius 1 is 1.21 bits per heavy atom. The summed E-state index contributed by atoms with van der Waals surface area (Å²) in [5, 5.41) is 9.45. The van der Waals surface area contributed by atoms with Crippen LogP contribution < -0.4 is 0 Å². The molecule has 0 aliphatic carbocycles. The van der Waals surface area contributed by atoms with Gasteiger partial charge in [-0.15, -0.1) is 0 Å². The van der Waals surface area contributed by atoms with Crippen LogP contribution in [0.5, 0.6) is 5.75 Å². The maximum Gasteiger partial charge on any atom is 0.115 e. The molecule has 0 aliphatic heterocycles. The first-order valence-corrected chi connectivity index (χ1v) is 6.27. The molecule has 0 unspecified atom stereocenters. The molecular formula is C15H15N3O. The number of hydrogen-bond donors (Lipinski definition) is 1. The van der Waals surface area contributed by atoms with E-state index in [4.69, 9.17) is 0 Å². The van der Waals surface area contributed by atoms with Gasteiger partial charge in [0.1, 0.15) is 17.1 Å². The first kappa shape index (κ1) is 11.7. The lowest BCUT2D eigenvalue weighted by Crippen LogP contribution is -2.00. The Bertz CT molecular complexity index is 718. The van der Waals surface area contributed by atoms with Gasteiger partial charge in [-0.2, -0.15) is 0 Å². The van der Waals surface area contributed by atoms with E-state index in [1.165, 1.54) is 0 Å². The Hall–Kier alpha value is -2.36. The van der Waals surface area contributed by atoms with Gasteiger partial charge < -0.3 is 9.67 Å². The number of phenolic OH excluding ortho intramolecular Hbond substituents is 1. The lowest BCUT2D eigenvalue weighted by molar-refractivity contribution is 0.474. The van der Waals surface area contributed by atoms with Gasteiger partial charge in [0, 0.05) is 19.7 Å². The summed E-state index contributed by atoms with van der Waals surface area (Å²) in [5.74, 6) is 1.35. The number of aryl methyl sites for hydroxylation is 3. The van der Waals surface area contributed by atoms with E-state index in [0.29, 0.717) is 5.75 Å². The highest BCUT2D eigenvalue weighted by Gasteiger charge is 2.07. The van der Waals surface area contributed by atoms with Crippen molar-refractivity contribution in [2.75, 3.05) is 0 Å². The molecule has 1 aromatic carbocycles. The van der Waals surface area contributed by atoms with E-state index in [2.05, 4.69) is 14.5 Å². The molecule has 3 rings (SSSR count). The first-order valence-electron chi connectivity index (χ1n) is 6.27. The van der Waals surface area contributed by atoms with E-state index in [1.807, 2.05) is 25.2 Å². The lowest BCUT2D eigenvalue weighted by Gasteiger charge is -2.03. The molecule has 0 bridgehead atoms. The first-order chi connectivity index (χ1) is 9.24. The Kier molecular flexibility index (Phi) is 2.91. The molecule has 2 heterocycles. The number of aromatic hydroxyl groups is 1. The largest absolute Gasteiger partial charge is 0.508 e. The molecule has 0 fully saturated rings. The number of benzene rings is 1. The normalized spacial score (nSPS) is 11.0. The number of hydrogen-bond acceptors (Lipinski definition) is 3. The minimum absolute atomic E-state index is 0.312. The molecule has 3 aromatic rings. The highest BCUT2D eigenvalue weighted by Crippen LogP contribution is 2.16. The van der Waals surface area contributed by atoms with Crippen molar-refractivity contribution in [3.05, 3.63) is 54.1 Å². The topological polar surface area (TPSA) is 50.9 Å². The van der Waals surface area contributed by atoms with Crippen LogP contribution in [-0.4, -0.2) is 19.6 Å². The van der Waals surface area contributed by atoms with Gasteiger partial charge in [-0.25, -0.2) is 4.98 Å². The number of imidazole rings is 1. The summed E-state index contributed by atoms with van der Waals surface area (Å²) in [6.45, 7) is 0. The summed E-state index contributed by atoms with van der Waals surface area (Å²) < 4.78 is 2.10. The molecule has 0 spiro atoms. The Labute approximate surface area is 111 Å². The maximum atomic E-state index is 9.45. The average molecular weight is 253 g/mol. The molecule has 2 aromatic heterocycles. The van der Waals surface area contributed by atoms with Crippen LogP contribution in [0.15, 0.2) is 42.7 Å². The predicted octanol–water partition coefficient (Wildman–Crippen LogP) is 2.46. The van der Waals surface area contributed by atoms with Gasteiger partial charge in [0.15, 0.2) is 0 Å². The molecule has 19 heavy (non-hydrogen) atoms. The van der Waals surface area contributed by atoms with E-state index in [-0.39, 0.29) is 0 Å². The van der Waals surface area contributed by atoms with Crippen molar-refractivity contribution in [1.29, 1.82) is 0 Å². The molecule has 4 nitrogen and oxygen atoms in total. The fourth-order valence-electron chi connectivity index (χ4n) is 2.29. The quantitative estimate of drug-likeness (QED) is 0.780. The monoisotopic (exact) mass is 253 g/mol. The van der Waals surface area contributed by atoms with E-state index in [1.54, 1.807) is 24.5 Å². The fourth-order valence-corrected chi connectivity index (χ4v) is 2.29. The van der Waals surface area contributed by atoms with Crippen LogP contribution in [0, 0.1) is 0 Å². The van der Waals surface area contributed by atoms with Crippen molar-refractivity contribution in [2.24, 2.45) is 7.05 Å². The molecule has 0 radical (unpaired) electrons. The third-order valence-corrected chi connectivity index (χ3v) is 3.32. The van der Waals surface area contributed by atoms with E-state index < -0.39 is 0 Å². The van der Waals surface area contributed by atoms with Crippen LogP contribution in [0.3, 0.4) is 0 Å².